The fourth-order valence-corrected chi connectivity index (χ4v) is 4.46. The molecule has 0 unspecified atom stereocenters. The van der Waals surface area contributed by atoms with Gasteiger partial charge in [0.05, 0.1) is 5.69 Å². The number of carbonyl (C=O) groups is 1. The second kappa shape index (κ2) is 8.97. The summed E-state index contributed by atoms with van der Waals surface area (Å²) in [6.07, 6.45) is 3.43. The van der Waals surface area contributed by atoms with Crippen molar-refractivity contribution in [1.29, 1.82) is 0 Å². The van der Waals surface area contributed by atoms with Gasteiger partial charge in [0.1, 0.15) is 48.5 Å². The second-order valence-corrected chi connectivity index (χ2v) is 8.66. The van der Waals surface area contributed by atoms with Gasteiger partial charge in [-0.3, -0.25) is 0 Å². The molecule has 0 aromatic carbocycles. The molecule has 0 spiro atoms. The Morgan fingerprint density at radius 2 is 1.94 bits per heavy atom. The molecule has 0 bridgehead atoms. The molecule has 1 aliphatic carbocycles. The minimum atomic E-state index is -1.24. The summed E-state index contributed by atoms with van der Waals surface area (Å²) < 4.78 is 18.2. The quantitative estimate of drug-likeness (QED) is 0.617. The molecule has 10 nitrogen and oxygen atoms in total. The Hall–Kier alpha value is -2.43. The third-order valence-corrected chi connectivity index (χ3v) is 6.27. The van der Waals surface area contributed by atoms with E-state index in [9.17, 15) is 15.0 Å². The maximum Gasteiger partial charge on any atom is 0.508 e. The number of aliphatic hydroxyl groups excluding tert-OH is 2. The molecular weight excluding hydrogens is 404 g/mol. The summed E-state index contributed by atoms with van der Waals surface area (Å²) in [5.74, 6) is 0.291. The molecule has 2 aliphatic rings. The Balaban J connectivity index is 1.37. The van der Waals surface area contributed by atoms with E-state index < -0.39 is 36.2 Å². The van der Waals surface area contributed by atoms with Gasteiger partial charge in [0.2, 0.25) is 0 Å². The predicted molar refractivity (Wildman–Crippen MR) is 110 cm³/mol. The SMILES string of the molecule is CC1(OC(=O)OC[C@H]2O[C@@H](c3ccc4c(N)ncnn34)[C@H](O)[C@@H]2O)CCCCCCC1. The average molecular weight is 434 g/mol. The van der Waals surface area contributed by atoms with Gasteiger partial charge in [-0.1, -0.05) is 19.3 Å². The summed E-state index contributed by atoms with van der Waals surface area (Å²) in [6.45, 7) is 1.70. The van der Waals surface area contributed by atoms with Crippen molar-refractivity contribution in [2.24, 2.45) is 0 Å². The Kier molecular flexibility index (Phi) is 6.31. The summed E-state index contributed by atoms with van der Waals surface area (Å²) in [4.78, 5) is 16.2. The number of rotatable bonds is 4. The minimum absolute atomic E-state index is 0.232. The number of hydrogen-bond acceptors (Lipinski definition) is 9. The smallest absolute Gasteiger partial charge is 0.431 e. The molecule has 4 atom stereocenters. The van der Waals surface area contributed by atoms with Gasteiger partial charge in [-0.15, -0.1) is 0 Å². The minimum Gasteiger partial charge on any atom is -0.431 e. The van der Waals surface area contributed by atoms with Gasteiger partial charge in [-0.2, -0.15) is 5.10 Å². The number of hydrogen-bond donors (Lipinski definition) is 3. The van der Waals surface area contributed by atoms with E-state index in [0.717, 1.165) is 38.5 Å². The molecule has 0 amide bonds. The van der Waals surface area contributed by atoms with Crippen molar-refractivity contribution in [3.05, 3.63) is 24.2 Å². The van der Waals surface area contributed by atoms with Crippen LogP contribution in [0, 0.1) is 0 Å². The van der Waals surface area contributed by atoms with Crippen LogP contribution in [-0.4, -0.2) is 61.5 Å². The number of nitrogens with two attached hydrogens (primary N) is 1. The number of anilines is 1. The molecule has 10 heteroatoms. The van der Waals surface area contributed by atoms with Crippen molar-refractivity contribution < 1.29 is 29.2 Å². The number of aromatic nitrogens is 3. The van der Waals surface area contributed by atoms with E-state index in [2.05, 4.69) is 10.1 Å². The van der Waals surface area contributed by atoms with E-state index in [1.165, 1.54) is 17.3 Å². The first-order valence-electron chi connectivity index (χ1n) is 10.8. The lowest BCUT2D eigenvalue weighted by molar-refractivity contribution is -0.0700. The van der Waals surface area contributed by atoms with Crippen molar-refractivity contribution in [3.63, 3.8) is 0 Å². The molecule has 2 aromatic rings. The highest BCUT2D eigenvalue weighted by molar-refractivity contribution is 5.65. The van der Waals surface area contributed by atoms with E-state index in [1.807, 2.05) is 6.92 Å². The molecule has 170 valence electrons. The topological polar surface area (TPSA) is 141 Å². The first-order chi connectivity index (χ1) is 14.9. The van der Waals surface area contributed by atoms with Crippen LogP contribution in [0.4, 0.5) is 10.6 Å². The van der Waals surface area contributed by atoms with Gasteiger partial charge < -0.3 is 30.2 Å². The number of aliphatic hydroxyl groups is 2. The van der Waals surface area contributed by atoms with Crippen LogP contribution in [0.25, 0.3) is 5.52 Å². The molecule has 31 heavy (non-hydrogen) atoms. The Morgan fingerprint density at radius 1 is 1.23 bits per heavy atom. The highest BCUT2D eigenvalue weighted by atomic mass is 16.7. The number of nitrogens with zero attached hydrogens (tertiary/aromatic N) is 3. The average Bonchev–Trinajstić information content (AvgIpc) is 3.26. The molecule has 4 N–H and O–H groups in total. The van der Waals surface area contributed by atoms with Gasteiger partial charge in [0.25, 0.3) is 0 Å². The standard InChI is InChI=1S/C21H30N4O6/c1-21(9-5-3-2-4-6-10-21)31-20(28)29-11-15-16(26)17(27)18(30-15)13-7-8-14-19(22)23-12-24-25(13)14/h7-8,12,15-18,26-27H,2-6,9-11H2,1H3,(H2,22,23,24)/t15-,16-,17-,18+/m1/s1. The number of nitrogen functional groups attached to an aromatic ring is 1. The van der Waals surface area contributed by atoms with Gasteiger partial charge >= 0.3 is 6.16 Å². The zero-order chi connectivity index (χ0) is 22.0. The zero-order valence-corrected chi connectivity index (χ0v) is 17.6. The lowest BCUT2D eigenvalue weighted by atomic mass is 9.88. The number of carbonyl (C=O) groups excluding carboxylic acids is 1. The molecule has 1 saturated carbocycles. The van der Waals surface area contributed by atoms with Crippen LogP contribution in [0.1, 0.15) is 63.7 Å². The summed E-state index contributed by atoms with van der Waals surface area (Å²) >= 11 is 0. The second-order valence-electron chi connectivity index (χ2n) is 8.66. The van der Waals surface area contributed by atoms with E-state index in [0.29, 0.717) is 17.0 Å². The van der Waals surface area contributed by atoms with Gasteiger partial charge in [0, 0.05) is 0 Å². The van der Waals surface area contributed by atoms with E-state index in [1.54, 1.807) is 12.1 Å². The highest BCUT2D eigenvalue weighted by Crippen LogP contribution is 2.35. The van der Waals surface area contributed by atoms with E-state index >= 15 is 0 Å². The van der Waals surface area contributed by atoms with E-state index in [-0.39, 0.29) is 6.61 Å². The lowest BCUT2D eigenvalue weighted by Gasteiger charge is -2.31. The van der Waals surface area contributed by atoms with Gasteiger partial charge in [-0.05, 0) is 44.7 Å². The molecule has 4 rings (SSSR count). The molecule has 1 aliphatic heterocycles. The van der Waals surface area contributed by atoms with Crippen LogP contribution in [0.3, 0.4) is 0 Å². The Bertz CT molecular complexity index is 910. The zero-order valence-electron chi connectivity index (χ0n) is 17.6. The number of fused-ring (bicyclic) bond motifs is 1. The molecule has 1 saturated heterocycles. The maximum atomic E-state index is 12.3. The van der Waals surface area contributed by atoms with Crippen LogP contribution >= 0.6 is 0 Å². The molecule has 2 aromatic heterocycles. The predicted octanol–water partition coefficient (Wildman–Crippen LogP) is 2.13. The fraction of sp³-hybridized carbons (Fsp3) is 0.667. The van der Waals surface area contributed by atoms with Crippen LogP contribution in [-0.2, 0) is 14.2 Å². The maximum absolute atomic E-state index is 12.3. The summed E-state index contributed by atoms with van der Waals surface area (Å²) in [6, 6.07) is 3.41. The van der Waals surface area contributed by atoms with Crippen LogP contribution in [0.5, 0.6) is 0 Å². The fourth-order valence-electron chi connectivity index (χ4n) is 4.46. The lowest BCUT2D eigenvalue weighted by Crippen LogP contribution is -2.36. The van der Waals surface area contributed by atoms with Crippen molar-refractivity contribution >= 4 is 17.5 Å². The molecule has 0 radical (unpaired) electrons. The summed E-state index contributed by atoms with van der Waals surface area (Å²) in [5.41, 5.74) is 6.39. The normalized spacial score (nSPS) is 28.7. The summed E-state index contributed by atoms with van der Waals surface area (Å²) in [7, 11) is 0. The largest absolute Gasteiger partial charge is 0.508 e. The Labute approximate surface area is 180 Å². The number of ether oxygens (including phenoxy) is 3. The first kappa shape index (κ1) is 21.8. The third kappa shape index (κ3) is 4.60. The van der Waals surface area contributed by atoms with Crippen molar-refractivity contribution in [1.82, 2.24) is 14.6 Å². The highest BCUT2D eigenvalue weighted by Gasteiger charge is 2.45. The first-order valence-corrected chi connectivity index (χ1v) is 10.8. The van der Waals surface area contributed by atoms with Crippen LogP contribution in [0.15, 0.2) is 18.5 Å². The van der Waals surface area contributed by atoms with Crippen molar-refractivity contribution in [2.75, 3.05) is 12.3 Å². The van der Waals surface area contributed by atoms with E-state index in [4.69, 9.17) is 19.9 Å². The summed E-state index contributed by atoms with van der Waals surface area (Å²) in [5, 5.41) is 25.1. The molecule has 3 heterocycles. The van der Waals surface area contributed by atoms with Gasteiger partial charge in [0.15, 0.2) is 5.82 Å². The van der Waals surface area contributed by atoms with Crippen LogP contribution < -0.4 is 5.73 Å². The van der Waals surface area contributed by atoms with Crippen molar-refractivity contribution in [2.45, 2.75) is 81.9 Å². The monoisotopic (exact) mass is 434 g/mol. The molecular formula is C21H30N4O6. The Morgan fingerprint density at radius 3 is 2.68 bits per heavy atom. The van der Waals surface area contributed by atoms with Gasteiger partial charge in [-0.25, -0.2) is 14.3 Å². The van der Waals surface area contributed by atoms with Crippen LogP contribution in [0.2, 0.25) is 0 Å². The third-order valence-electron chi connectivity index (χ3n) is 6.27. The van der Waals surface area contributed by atoms with Crippen molar-refractivity contribution in [3.8, 4) is 0 Å². The molecule has 2 fully saturated rings.